The second-order valence-electron chi connectivity index (χ2n) is 6.32. The minimum atomic E-state index is -0.129. The molecular formula is C15H34N2O2. The predicted molar refractivity (Wildman–Crippen MR) is 81.5 cm³/mol. The van der Waals surface area contributed by atoms with Crippen LogP contribution >= 0.6 is 0 Å². The van der Waals surface area contributed by atoms with E-state index >= 15 is 0 Å². The maximum atomic E-state index is 5.99. The van der Waals surface area contributed by atoms with Gasteiger partial charge in [-0.2, -0.15) is 0 Å². The minimum Gasteiger partial charge on any atom is -0.375 e. The summed E-state index contributed by atoms with van der Waals surface area (Å²) in [5.41, 5.74) is 5.28. The fourth-order valence-electron chi connectivity index (χ4n) is 1.84. The van der Waals surface area contributed by atoms with Crippen molar-refractivity contribution in [1.82, 2.24) is 5.32 Å². The molecule has 0 saturated carbocycles. The molecule has 0 bridgehead atoms. The van der Waals surface area contributed by atoms with Crippen LogP contribution in [0.2, 0.25) is 0 Å². The van der Waals surface area contributed by atoms with E-state index in [1.807, 2.05) is 7.05 Å². The maximum absolute atomic E-state index is 5.99. The normalized spacial score (nSPS) is 12.9. The molecule has 116 valence electrons. The summed E-state index contributed by atoms with van der Waals surface area (Å²) in [6.07, 6.45) is 4.04. The van der Waals surface area contributed by atoms with Crippen molar-refractivity contribution in [2.75, 3.05) is 33.4 Å². The van der Waals surface area contributed by atoms with Gasteiger partial charge in [0, 0.05) is 6.61 Å². The van der Waals surface area contributed by atoms with Gasteiger partial charge in [0.05, 0.1) is 17.8 Å². The van der Waals surface area contributed by atoms with E-state index in [0.717, 1.165) is 45.4 Å². The highest BCUT2D eigenvalue weighted by atomic mass is 16.5. The average Bonchev–Trinajstić information content (AvgIpc) is 2.28. The molecule has 0 amide bonds. The third-order valence-electron chi connectivity index (χ3n) is 3.24. The first-order valence-corrected chi connectivity index (χ1v) is 7.45. The van der Waals surface area contributed by atoms with Crippen molar-refractivity contribution in [3.63, 3.8) is 0 Å². The minimum absolute atomic E-state index is 0.0514. The molecule has 0 spiro atoms. The average molecular weight is 274 g/mol. The van der Waals surface area contributed by atoms with Gasteiger partial charge in [0.1, 0.15) is 0 Å². The number of hydrogen-bond acceptors (Lipinski definition) is 4. The highest BCUT2D eigenvalue weighted by Crippen LogP contribution is 2.20. The summed E-state index contributed by atoms with van der Waals surface area (Å²) in [4.78, 5) is 0. The Balaban J connectivity index is 3.79. The van der Waals surface area contributed by atoms with Crippen molar-refractivity contribution in [2.45, 2.75) is 64.6 Å². The standard InChI is InChI=1S/C15H34N2O2/c1-14(2,8-6-11-17-5)19-13-9-15(3,4)18-12-7-10-16/h17H,6-13,16H2,1-5H3. The molecule has 0 rings (SSSR count). The van der Waals surface area contributed by atoms with Crippen LogP contribution in [0.25, 0.3) is 0 Å². The highest BCUT2D eigenvalue weighted by Gasteiger charge is 2.22. The van der Waals surface area contributed by atoms with Crippen molar-refractivity contribution < 1.29 is 9.47 Å². The molecule has 0 radical (unpaired) electrons. The maximum Gasteiger partial charge on any atom is 0.0648 e. The zero-order chi connectivity index (χ0) is 14.8. The smallest absolute Gasteiger partial charge is 0.0648 e. The van der Waals surface area contributed by atoms with Gasteiger partial charge >= 0.3 is 0 Å². The number of ether oxygens (including phenoxy) is 2. The van der Waals surface area contributed by atoms with E-state index in [1.165, 1.54) is 0 Å². The summed E-state index contributed by atoms with van der Waals surface area (Å²) in [5, 5.41) is 3.16. The molecule has 4 heteroatoms. The van der Waals surface area contributed by atoms with Crippen LogP contribution in [0.4, 0.5) is 0 Å². The van der Waals surface area contributed by atoms with E-state index in [2.05, 4.69) is 33.0 Å². The highest BCUT2D eigenvalue weighted by molar-refractivity contribution is 4.72. The molecule has 0 saturated heterocycles. The Morgan fingerprint density at radius 1 is 0.895 bits per heavy atom. The lowest BCUT2D eigenvalue weighted by Gasteiger charge is -2.30. The summed E-state index contributed by atoms with van der Waals surface area (Å²) < 4.78 is 11.8. The SMILES string of the molecule is CNCCCC(C)(C)OCCC(C)(C)OCCCN. The molecule has 4 nitrogen and oxygen atoms in total. The van der Waals surface area contributed by atoms with E-state index in [-0.39, 0.29) is 11.2 Å². The monoisotopic (exact) mass is 274 g/mol. The molecule has 0 aliphatic carbocycles. The van der Waals surface area contributed by atoms with Gasteiger partial charge in [-0.1, -0.05) is 0 Å². The fraction of sp³-hybridized carbons (Fsp3) is 1.00. The number of nitrogens with two attached hydrogens (primary N) is 1. The largest absolute Gasteiger partial charge is 0.375 e. The lowest BCUT2D eigenvalue weighted by Crippen LogP contribution is -2.31. The van der Waals surface area contributed by atoms with Crippen LogP contribution in [0.15, 0.2) is 0 Å². The molecule has 3 N–H and O–H groups in total. The van der Waals surface area contributed by atoms with Crippen LogP contribution in [0.5, 0.6) is 0 Å². The van der Waals surface area contributed by atoms with E-state index in [0.29, 0.717) is 6.54 Å². The molecule has 0 heterocycles. The van der Waals surface area contributed by atoms with Gasteiger partial charge in [-0.25, -0.2) is 0 Å². The molecular weight excluding hydrogens is 240 g/mol. The molecule has 0 unspecified atom stereocenters. The van der Waals surface area contributed by atoms with Crippen LogP contribution < -0.4 is 11.1 Å². The third-order valence-corrected chi connectivity index (χ3v) is 3.24. The second kappa shape index (κ2) is 9.70. The third kappa shape index (κ3) is 11.4. The van der Waals surface area contributed by atoms with Gasteiger partial charge < -0.3 is 20.5 Å². The number of hydrogen-bond donors (Lipinski definition) is 2. The Morgan fingerprint density at radius 2 is 1.47 bits per heavy atom. The van der Waals surface area contributed by atoms with Gasteiger partial charge in [-0.15, -0.1) is 0 Å². The van der Waals surface area contributed by atoms with Gasteiger partial charge in [0.25, 0.3) is 0 Å². The fourth-order valence-corrected chi connectivity index (χ4v) is 1.84. The Kier molecular flexibility index (Phi) is 9.62. The van der Waals surface area contributed by atoms with Crippen molar-refractivity contribution in [3.8, 4) is 0 Å². The van der Waals surface area contributed by atoms with E-state index < -0.39 is 0 Å². The zero-order valence-corrected chi connectivity index (χ0v) is 13.6. The number of rotatable bonds is 12. The Hall–Kier alpha value is -0.160. The first-order valence-electron chi connectivity index (χ1n) is 7.45. The summed E-state index contributed by atoms with van der Waals surface area (Å²) in [6.45, 7) is 11.7. The lowest BCUT2D eigenvalue weighted by atomic mass is 10.0. The lowest BCUT2D eigenvalue weighted by molar-refractivity contribution is -0.0747. The van der Waals surface area contributed by atoms with Crippen molar-refractivity contribution in [1.29, 1.82) is 0 Å². The van der Waals surface area contributed by atoms with Crippen molar-refractivity contribution in [3.05, 3.63) is 0 Å². The summed E-state index contributed by atoms with van der Waals surface area (Å²) in [7, 11) is 1.98. The summed E-state index contributed by atoms with van der Waals surface area (Å²) >= 11 is 0. The molecule has 0 aliphatic heterocycles. The van der Waals surface area contributed by atoms with Crippen LogP contribution in [-0.4, -0.2) is 44.6 Å². The Bertz CT molecular complexity index is 196. The molecule has 0 atom stereocenters. The van der Waals surface area contributed by atoms with Crippen LogP contribution in [-0.2, 0) is 9.47 Å². The molecule has 0 fully saturated rings. The first-order chi connectivity index (χ1) is 8.83. The van der Waals surface area contributed by atoms with Gasteiger partial charge in [-0.05, 0) is 73.5 Å². The predicted octanol–water partition coefficient (Wildman–Crippen LogP) is 2.32. The Labute approximate surface area is 119 Å². The second-order valence-corrected chi connectivity index (χ2v) is 6.32. The van der Waals surface area contributed by atoms with Crippen LogP contribution in [0, 0.1) is 0 Å². The quantitative estimate of drug-likeness (QED) is 0.536. The van der Waals surface area contributed by atoms with Gasteiger partial charge in [-0.3, -0.25) is 0 Å². The van der Waals surface area contributed by atoms with Gasteiger partial charge in [0.2, 0.25) is 0 Å². The van der Waals surface area contributed by atoms with E-state index in [1.54, 1.807) is 0 Å². The van der Waals surface area contributed by atoms with E-state index in [4.69, 9.17) is 15.2 Å². The molecule has 0 aromatic carbocycles. The summed E-state index contributed by atoms with van der Waals surface area (Å²) in [6, 6.07) is 0. The van der Waals surface area contributed by atoms with Crippen LogP contribution in [0.3, 0.4) is 0 Å². The van der Waals surface area contributed by atoms with Crippen molar-refractivity contribution >= 4 is 0 Å². The molecule has 0 aromatic heterocycles. The topological polar surface area (TPSA) is 56.5 Å². The molecule has 0 aromatic rings. The molecule has 19 heavy (non-hydrogen) atoms. The van der Waals surface area contributed by atoms with E-state index in [9.17, 15) is 0 Å². The van der Waals surface area contributed by atoms with Gasteiger partial charge in [0.15, 0.2) is 0 Å². The Morgan fingerprint density at radius 3 is 2.05 bits per heavy atom. The summed E-state index contributed by atoms with van der Waals surface area (Å²) in [5.74, 6) is 0. The first kappa shape index (κ1) is 18.8. The number of nitrogens with one attached hydrogen (secondary N) is 1. The van der Waals surface area contributed by atoms with Crippen LogP contribution in [0.1, 0.15) is 53.4 Å². The zero-order valence-electron chi connectivity index (χ0n) is 13.6. The van der Waals surface area contributed by atoms with Crippen molar-refractivity contribution in [2.24, 2.45) is 5.73 Å². The molecule has 0 aliphatic rings.